The van der Waals surface area contributed by atoms with Gasteiger partial charge in [-0.2, -0.15) is 0 Å². The fourth-order valence-electron chi connectivity index (χ4n) is 2.31. The van der Waals surface area contributed by atoms with Crippen molar-refractivity contribution in [3.8, 4) is 17.1 Å². The molecule has 0 saturated heterocycles. The summed E-state index contributed by atoms with van der Waals surface area (Å²) in [7, 11) is 3.46. The third kappa shape index (κ3) is 3.31. The maximum Gasteiger partial charge on any atom is 0.287 e. The number of rotatable bonds is 5. The second-order valence-corrected chi connectivity index (χ2v) is 6.20. The van der Waals surface area contributed by atoms with Crippen LogP contribution in [0, 0.1) is 17.0 Å². The van der Waals surface area contributed by atoms with Crippen LogP contribution >= 0.6 is 11.8 Å². The second-order valence-electron chi connectivity index (χ2n) is 5.24. The van der Waals surface area contributed by atoms with Gasteiger partial charge < -0.3 is 9.30 Å². The normalized spacial score (nSPS) is 10.7. The van der Waals surface area contributed by atoms with E-state index in [0.717, 1.165) is 5.56 Å². The van der Waals surface area contributed by atoms with Crippen LogP contribution in [0.4, 0.5) is 5.69 Å². The predicted molar refractivity (Wildman–Crippen MR) is 92.7 cm³/mol. The van der Waals surface area contributed by atoms with Crippen molar-refractivity contribution in [1.29, 1.82) is 0 Å². The number of para-hydroxylation sites is 1. The molecular weight excluding hydrogens is 342 g/mol. The molecule has 0 spiro atoms. The Morgan fingerprint density at radius 2 is 2.04 bits per heavy atom. The van der Waals surface area contributed by atoms with E-state index in [1.54, 1.807) is 14.0 Å². The number of ether oxygens (including phenoxy) is 1. The van der Waals surface area contributed by atoms with Crippen LogP contribution in [0.15, 0.2) is 46.7 Å². The molecule has 8 nitrogen and oxygen atoms in total. The van der Waals surface area contributed by atoms with Crippen molar-refractivity contribution in [3.05, 3.63) is 52.2 Å². The Balaban J connectivity index is 1.93. The molecule has 0 aliphatic rings. The van der Waals surface area contributed by atoms with Crippen LogP contribution in [0.1, 0.15) is 5.56 Å². The summed E-state index contributed by atoms with van der Waals surface area (Å²) in [6.45, 7) is 1.78. The Labute approximate surface area is 148 Å². The minimum Gasteiger partial charge on any atom is -0.496 e. The van der Waals surface area contributed by atoms with E-state index in [0.29, 0.717) is 27.3 Å². The summed E-state index contributed by atoms with van der Waals surface area (Å²) in [6, 6.07) is 9.05. The minimum atomic E-state index is -0.462. The van der Waals surface area contributed by atoms with Gasteiger partial charge in [0, 0.05) is 13.1 Å². The zero-order valence-corrected chi connectivity index (χ0v) is 14.6. The van der Waals surface area contributed by atoms with E-state index in [9.17, 15) is 10.1 Å². The van der Waals surface area contributed by atoms with Gasteiger partial charge in [-0.15, -0.1) is 10.2 Å². The lowest BCUT2D eigenvalue weighted by molar-refractivity contribution is -0.385. The van der Waals surface area contributed by atoms with Gasteiger partial charge in [0.2, 0.25) is 0 Å². The van der Waals surface area contributed by atoms with E-state index in [-0.39, 0.29) is 5.69 Å². The van der Waals surface area contributed by atoms with Gasteiger partial charge in [0.1, 0.15) is 17.0 Å². The van der Waals surface area contributed by atoms with E-state index < -0.39 is 4.92 Å². The molecule has 0 radical (unpaired) electrons. The molecule has 9 heteroatoms. The van der Waals surface area contributed by atoms with Crippen LogP contribution in [0.2, 0.25) is 0 Å². The maximum atomic E-state index is 10.8. The topological polar surface area (TPSA) is 96.0 Å². The first kappa shape index (κ1) is 16.9. The lowest BCUT2D eigenvalue weighted by Crippen LogP contribution is -1.98. The smallest absolute Gasteiger partial charge is 0.287 e. The molecule has 0 aliphatic heterocycles. The summed E-state index contributed by atoms with van der Waals surface area (Å²) in [5.41, 5.74) is 1.51. The molecule has 3 rings (SSSR count). The molecule has 1 aromatic carbocycles. The molecule has 2 heterocycles. The van der Waals surface area contributed by atoms with Crippen LogP contribution in [0.5, 0.6) is 5.75 Å². The number of hydrogen-bond acceptors (Lipinski definition) is 7. The van der Waals surface area contributed by atoms with Crippen LogP contribution in [0.3, 0.4) is 0 Å². The summed E-state index contributed by atoms with van der Waals surface area (Å²) >= 11 is 1.31. The molecule has 2 aromatic heterocycles. The van der Waals surface area contributed by atoms with E-state index in [1.165, 1.54) is 24.0 Å². The Morgan fingerprint density at radius 3 is 2.72 bits per heavy atom. The number of nitrogens with zero attached hydrogens (tertiary/aromatic N) is 5. The minimum absolute atomic E-state index is 0.0328. The van der Waals surface area contributed by atoms with Crippen LogP contribution < -0.4 is 4.74 Å². The Kier molecular flexibility index (Phi) is 4.66. The third-order valence-corrected chi connectivity index (χ3v) is 4.76. The summed E-state index contributed by atoms with van der Waals surface area (Å²) in [4.78, 5) is 14.5. The van der Waals surface area contributed by atoms with E-state index in [2.05, 4.69) is 15.2 Å². The number of pyridine rings is 1. The average molecular weight is 357 g/mol. The lowest BCUT2D eigenvalue weighted by Gasteiger charge is -2.08. The highest BCUT2D eigenvalue weighted by molar-refractivity contribution is 7.99. The fourth-order valence-corrected chi connectivity index (χ4v) is 3.11. The quantitative estimate of drug-likeness (QED) is 0.511. The maximum absolute atomic E-state index is 10.8. The van der Waals surface area contributed by atoms with Gasteiger partial charge in [-0.05, 0) is 36.4 Å². The van der Waals surface area contributed by atoms with Crippen LogP contribution in [-0.2, 0) is 7.05 Å². The van der Waals surface area contributed by atoms with Crippen molar-refractivity contribution < 1.29 is 9.66 Å². The lowest BCUT2D eigenvalue weighted by atomic mass is 10.2. The molecule has 0 aliphatic carbocycles. The van der Waals surface area contributed by atoms with Crippen molar-refractivity contribution in [1.82, 2.24) is 19.7 Å². The molecular formula is C16H15N5O3S. The van der Waals surface area contributed by atoms with Gasteiger partial charge in [-0.25, -0.2) is 4.98 Å². The van der Waals surface area contributed by atoms with Gasteiger partial charge >= 0.3 is 0 Å². The van der Waals surface area contributed by atoms with Crippen molar-refractivity contribution in [3.63, 3.8) is 0 Å². The summed E-state index contributed by atoms with van der Waals surface area (Å²) < 4.78 is 7.21. The number of benzene rings is 1. The van der Waals surface area contributed by atoms with E-state index in [1.807, 2.05) is 35.9 Å². The molecule has 0 unspecified atom stereocenters. The molecule has 3 aromatic rings. The van der Waals surface area contributed by atoms with Crippen molar-refractivity contribution >= 4 is 17.4 Å². The second kappa shape index (κ2) is 6.89. The number of methoxy groups -OCH3 is 1. The largest absolute Gasteiger partial charge is 0.496 e. The van der Waals surface area contributed by atoms with Gasteiger partial charge in [-0.1, -0.05) is 12.1 Å². The third-order valence-electron chi connectivity index (χ3n) is 3.60. The molecule has 0 amide bonds. The number of aryl methyl sites for hydroxylation is 1. The van der Waals surface area contributed by atoms with E-state index in [4.69, 9.17) is 4.74 Å². The van der Waals surface area contributed by atoms with Gasteiger partial charge in [-0.3, -0.25) is 10.1 Å². The van der Waals surface area contributed by atoms with Crippen LogP contribution in [-0.4, -0.2) is 31.8 Å². The molecule has 0 bridgehead atoms. The summed E-state index contributed by atoms with van der Waals surface area (Å²) in [5, 5.41) is 20.5. The zero-order chi connectivity index (χ0) is 18.0. The highest BCUT2D eigenvalue weighted by Gasteiger charge is 2.17. The Morgan fingerprint density at radius 1 is 1.28 bits per heavy atom. The highest BCUT2D eigenvalue weighted by atomic mass is 32.2. The van der Waals surface area contributed by atoms with Crippen LogP contribution in [0.25, 0.3) is 11.4 Å². The van der Waals surface area contributed by atoms with Crippen molar-refractivity contribution in [2.75, 3.05) is 7.11 Å². The molecule has 128 valence electrons. The molecule has 0 saturated carbocycles. The Bertz CT molecular complexity index is 941. The number of hydrogen-bond donors (Lipinski definition) is 0. The summed E-state index contributed by atoms with van der Waals surface area (Å²) in [5.74, 6) is 1.37. The first-order chi connectivity index (χ1) is 12.0. The summed E-state index contributed by atoms with van der Waals surface area (Å²) in [6.07, 6.45) is 1.24. The molecule has 0 fully saturated rings. The Hall–Kier alpha value is -2.94. The molecule has 25 heavy (non-hydrogen) atoms. The number of nitro groups is 1. The van der Waals surface area contributed by atoms with Crippen molar-refractivity contribution in [2.24, 2.45) is 7.05 Å². The SMILES string of the molecule is COc1ccccc1-c1nnc(Sc2ncc([N+](=O)[O-])cc2C)n1C. The molecule has 0 N–H and O–H groups in total. The first-order valence-corrected chi connectivity index (χ1v) is 8.14. The van der Waals surface area contributed by atoms with Gasteiger partial charge in [0.25, 0.3) is 5.69 Å². The van der Waals surface area contributed by atoms with Crippen molar-refractivity contribution in [2.45, 2.75) is 17.1 Å². The monoisotopic (exact) mass is 357 g/mol. The average Bonchev–Trinajstić information content (AvgIpc) is 2.97. The molecule has 0 atom stereocenters. The zero-order valence-electron chi connectivity index (χ0n) is 13.8. The standard InChI is InChI=1S/C16H15N5O3S/c1-10-8-11(21(22)23)9-17-15(10)25-16-19-18-14(20(16)2)12-6-4-5-7-13(12)24-3/h4-9H,1-3H3. The van der Waals surface area contributed by atoms with E-state index >= 15 is 0 Å². The van der Waals surface area contributed by atoms with Gasteiger partial charge in [0.05, 0.1) is 17.6 Å². The number of aromatic nitrogens is 4. The fraction of sp³-hybridized carbons (Fsp3) is 0.188. The predicted octanol–water partition coefficient (Wildman–Crippen LogP) is 3.25. The highest BCUT2D eigenvalue weighted by Crippen LogP contribution is 2.33. The first-order valence-electron chi connectivity index (χ1n) is 7.33. The van der Waals surface area contributed by atoms with Gasteiger partial charge in [0.15, 0.2) is 11.0 Å².